The molecule has 2 unspecified atom stereocenters. The normalized spacial score (nSPS) is 20.1. The topological polar surface area (TPSA) is 21.3 Å². The Bertz CT molecular complexity index is 193. The molecular weight excluding hydrogens is 174 g/mol. The van der Waals surface area contributed by atoms with Crippen molar-refractivity contribution in [2.45, 2.75) is 45.3 Å². The lowest BCUT2D eigenvalue weighted by Crippen LogP contribution is -2.42. The van der Waals surface area contributed by atoms with Gasteiger partial charge in [0.15, 0.2) is 0 Å². The molecule has 0 radical (unpaired) electrons. The molecule has 0 saturated heterocycles. The van der Waals surface area contributed by atoms with Gasteiger partial charge >= 0.3 is 0 Å². The van der Waals surface area contributed by atoms with Crippen molar-refractivity contribution in [3.8, 4) is 12.3 Å². The summed E-state index contributed by atoms with van der Waals surface area (Å²) in [6.45, 7) is 5.91. The van der Waals surface area contributed by atoms with Gasteiger partial charge in [-0.2, -0.15) is 0 Å². The number of hydrogen-bond donors (Lipinski definition) is 1. The Balaban J connectivity index is 2.41. The Kier molecular flexibility index (Phi) is 5.00. The van der Waals surface area contributed by atoms with Crippen molar-refractivity contribution in [2.75, 3.05) is 13.2 Å². The van der Waals surface area contributed by atoms with Crippen molar-refractivity contribution >= 4 is 0 Å². The fourth-order valence-corrected chi connectivity index (χ4v) is 1.69. The van der Waals surface area contributed by atoms with Gasteiger partial charge in [0.1, 0.15) is 0 Å². The molecule has 0 bridgehead atoms. The summed E-state index contributed by atoms with van der Waals surface area (Å²) in [4.78, 5) is 0. The molecule has 2 heteroatoms. The highest BCUT2D eigenvalue weighted by Gasteiger charge is 2.36. The molecule has 0 aromatic rings. The van der Waals surface area contributed by atoms with Gasteiger partial charge in [-0.3, -0.25) is 0 Å². The fourth-order valence-electron chi connectivity index (χ4n) is 1.69. The minimum absolute atomic E-state index is 0.0994. The number of hydrogen-bond acceptors (Lipinski definition) is 2. The van der Waals surface area contributed by atoms with Crippen LogP contribution in [0.15, 0.2) is 0 Å². The van der Waals surface area contributed by atoms with Crippen LogP contribution in [0.5, 0.6) is 0 Å². The average Bonchev–Trinajstić information content (AvgIpc) is 3.00. The number of nitrogens with one attached hydrogen (secondary N) is 1. The van der Waals surface area contributed by atoms with E-state index in [0.717, 1.165) is 19.6 Å². The van der Waals surface area contributed by atoms with Crippen LogP contribution in [0.4, 0.5) is 0 Å². The summed E-state index contributed by atoms with van der Waals surface area (Å²) < 4.78 is 5.71. The molecule has 0 amide bonds. The second-order valence-corrected chi connectivity index (χ2v) is 3.86. The van der Waals surface area contributed by atoms with Crippen LogP contribution >= 0.6 is 0 Å². The van der Waals surface area contributed by atoms with Crippen LogP contribution in [0.2, 0.25) is 0 Å². The van der Waals surface area contributed by atoms with E-state index in [4.69, 9.17) is 11.2 Å². The molecule has 0 aliphatic heterocycles. The standard InChI is InChI=1S/C12H21NO/c1-4-9-13-11(5-2)12(14-6-3)10-7-8-10/h2,10-13H,4,6-9H2,1,3H3. The summed E-state index contributed by atoms with van der Waals surface area (Å²) in [6, 6.07) is 0.0994. The zero-order chi connectivity index (χ0) is 10.4. The zero-order valence-corrected chi connectivity index (χ0v) is 9.25. The maximum Gasteiger partial charge on any atom is 0.0955 e. The lowest BCUT2D eigenvalue weighted by molar-refractivity contribution is 0.0327. The summed E-state index contributed by atoms with van der Waals surface area (Å²) in [5.41, 5.74) is 0. The summed E-state index contributed by atoms with van der Waals surface area (Å²) >= 11 is 0. The third kappa shape index (κ3) is 3.32. The molecule has 1 rings (SSSR count). The highest BCUT2D eigenvalue weighted by Crippen LogP contribution is 2.35. The highest BCUT2D eigenvalue weighted by molar-refractivity contribution is 5.06. The van der Waals surface area contributed by atoms with Crippen LogP contribution in [0.25, 0.3) is 0 Å². The molecule has 14 heavy (non-hydrogen) atoms. The van der Waals surface area contributed by atoms with Crippen molar-refractivity contribution < 1.29 is 4.74 Å². The highest BCUT2D eigenvalue weighted by atomic mass is 16.5. The summed E-state index contributed by atoms with van der Waals surface area (Å²) in [6.07, 6.45) is 9.41. The maximum atomic E-state index is 5.71. The largest absolute Gasteiger partial charge is 0.376 e. The summed E-state index contributed by atoms with van der Waals surface area (Å²) in [5.74, 6) is 3.50. The van der Waals surface area contributed by atoms with Crippen LogP contribution in [0.3, 0.4) is 0 Å². The number of terminal acetylenes is 1. The lowest BCUT2D eigenvalue weighted by Gasteiger charge is -2.23. The minimum atomic E-state index is 0.0994. The van der Waals surface area contributed by atoms with Crippen LogP contribution in [0.1, 0.15) is 33.1 Å². The van der Waals surface area contributed by atoms with Crippen molar-refractivity contribution in [1.29, 1.82) is 0 Å². The van der Waals surface area contributed by atoms with E-state index in [-0.39, 0.29) is 12.1 Å². The van der Waals surface area contributed by atoms with E-state index >= 15 is 0 Å². The molecule has 0 spiro atoms. The quantitative estimate of drug-likeness (QED) is 0.625. The van der Waals surface area contributed by atoms with Crippen LogP contribution < -0.4 is 5.32 Å². The predicted molar refractivity (Wildman–Crippen MR) is 59.1 cm³/mol. The minimum Gasteiger partial charge on any atom is -0.376 e. The van der Waals surface area contributed by atoms with Crippen molar-refractivity contribution in [3.63, 3.8) is 0 Å². The van der Waals surface area contributed by atoms with Crippen LogP contribution in [0, 0.1) is 18.3 Å². The molecule has 1 aliphatic rings. The van der Waals surface area contributed by atoms with Gasteiger partial charge in [0.2, 0.25) is 0 Å². The third-order valence-electron chi connectivity index (χ3n) is 2.57. The first-order valence-electron chi connectivity index (χ1n) is 5.64. The fraction of sp³-hybridized carbons (Fsp3) is 0.833. The monoisotopic (exact) mass is 195 g/mol. The summed E-state index contributed by atoms with van der Waals surface area (Å²) in [5, 5.41) is 3.36. The van der Waals surface area contributed by atoms with E-state index in [1.165, 1.54) is 12.8 Å². The third-order valence-corrected chi connectivity index (χ3v) is 2.57. The molecule has 0 heterocycles. The first kappa shape index (κ1) is 11.6. The predicted octanol–water partition coefficient (Wildman–Crippen LogP) is 1.80. The van der Waals surface area contributed by atoms with Crippen molar-refractivity contribution in [2.24, 2.45) is 5.92 Å². The van der Waals surface area contributed by atoms with Gasteiger partial charge in [0.25, 0.3) is 0 Å². The maximum absolute atomic E-state index is 5.71. The van der Waals surface area contributed by atoms with Crippen LogP contribution in [-0.2, 0) is 4.74 Å². The smallest absolute Gasteiger partial charge is 0.0955 e. The van der Waals surface area contributed by atoms with E-state index < -0.39 is 0 Å². The van der Waals surface area contributed by atoms with E-state index in [1.54, 1.807) is 0 Å². The Morgan fingerprint density at radius 1 is 1.50 bits per heavy atom. The van der Waals surface area contributed by atoms with Gasteiger partial charge in [0, 0.05) is 6.61 Å². The SMILES string of the molecule is C#CC(NCCC)C(OCC)C1CC1. The Morgan fingerprint density at radius 3 is 2.64 bits per heavy atom. The second kappa shape index (κ2) is 6.06. The molecule has 2 atom stereocenters. The Morgan fingerprint density at radius 2 is 2.21 bits per heavy atom. The van der Waals surface area contributed by atoms with E-state index in [0.29, 0.717) is 5.92 Å². The van der Waals surface area contributed by atoms with Gasteiger partial charge in [-0.05, 0) is 38.6 Å². The van der Waals surface area contributed by atoms with Gasteiger partial charge in [-0.25, -0.2) is 0 Å². The molecular formula is C12H21NO. The average molecular weight is 195 g/mol. The molecule has 0 aromatic heterocycles. The van der Waals surface area contributed by atoms with E-state index in [9.17, 15) is 0 Å². The van der Waals surface area contributed by atoms with Gasteiger partial charge in [0.05, 0.1) is 12.1 Å². The van der Waals surface area contributed by atoms with Gasteiger partial charge in [-0.1, -0.05) is 12.8 Å². The number of rotatable bonds is 7. The second-order valence-electron chi connectivity index (χ2n) is 3.86. The summed E-state index contributed by atoms with van der Waals surface area (Å²) in [7, 11) is 0. The molecule has 80 valence electrons. The lowest BCUT2D eigenvalue weighted by atomic mass is 10.1. The molecule has 1 N–H and O–H groups in total. The van der Waals surface area contributed by atoms with Crippen molar-refractivity contribution in [1.82, 2.24) is 5.32 Å². The van der Waals surface area contributed by atoms with Gasteiger partial charge in [-0.15, -0.1) is 6.42 Å². The van der Waals surface area contributed by atoms with Crippen molar-refractivity contribution in [3.05, 3.63) is 0 Å². The Hall–Kier alpha value is -0.520. The zero-order valence-electron chi connectivity index (χ0n) is 9.25. The molecule has 1 saturated carbocycles. The first-order chi connectivity index (χ1) is 6.83. The number of ether oxygens (including phenoxy) is 1. The molecule has 1 fully saturated rings. The Labute approximate surface area is 87.4 Å². The molecule has 1 aliphatic carbocycles. The van der Waals surface area contributed by atoms with E-state index in [1.807, 2.05) is 6.92 Å². The van der Waals surface area contributed by atoms with Gasteiger partial charge < -0.3 is 10.1 Å². The molecule has 0 aromatic carbocycles. The van der Waals surface area contributed by atoms with Crippen LogP contribution in [-0.4, -0.2) is 25.3 Å². The first-order valence-corrected chi connectivity index (χ1v) is 5.64. The van der Waals surface area contributed by atoms with E-state index in [2.05, 4.69) is 18.2 Å². The molecule has 2 nitrogen and oxygen atoms in total.